The van der Waals surface area contributed by atoms with Crippen LogP contribution in [0.1, 0.15) is 43.0 Å². The summed E-state index contributed by atoms with van der Waals surface area (Å²) in [5.74, 6) is 1.19. The number of benzene rings is 3. The predicted octanol–water partition coefficient (Wildman–Crippen LogP) is 6.45. The molecule has 0 aromatic heterocycles. The number of carbonyl (C=O) groups is 2. The minimum Gasteiger partial charge on any atom is -0.493 e. The third-order valence-corrected chi connectivity index (χ3v) is 6.02. The van der Waals surface area contributed by atoms with Crippen molar-refractivity contribution in [1.82, 2.24) is 10.2 Å². The van der Waals surface area contributed by atoms with Crippen LogP contribution in [0, 0.1) is 13.8 Å². The number of hydrogen-bond acceptors (Lipinski definition) is 5. The van der Waals surface area contributed by atoms with E-state index in [1.165, 1.54) is 0 Å². The van der Waals surface area contributed by atoms with Crippen LogP contribution in [0.5, 0.6) is 11.5 Å². The molecule has 0 heterocycles. The Bertz CT molecular complexity index is 1250. The van der Waals surface area contributed by atoms with Crippen LogP contribution in [0.15, 0.2) is 66.7 Å². The molecule has 0 bridgehead atoms. The van der Waals surface area contributed by atoms with Crippen molar-refractivity contribution in [2.75, 3.05) is 25.5 Å². The summed E-state index contributed by atoms with van der Waals surface area (Å²) in [5.41, 5.74) is 4.13. The van der Waals surface area contributed by atoms with E-state index >= 15 is 0 Å². The summed E-state index contributed by atoms with van der Waals surface area (Å²) < 4.78 is 16.9. The lowest BCUT2D eigenvalue weighted by Gasteiger charge is -2.25. The maximum absolute atomic E-state index is 13.4. The van der Waals surface area contributed by atoms with E-state index in [0.717, 1.165) is 27.9 Å². The molecule has 0 radical (unpaired) electrons. The molecule has 0 fully saturated rings. The van der Waals surface area contributed by atoms with E-state index in [9.17, 15) is 9.59 Å². The molecule has 8 heteroatoms. The van der Waals surface area contributed by atoms with Crippen LogP contribution >= 0.6 is 0 Å². The standard InChI is InChI=1S/C31H39N3O5/c1-22-11-10-14-26(23(22)2)33-29(35)34(18-17-32-30(36)39-31(3,4)5)20-25-15-16-27(28(19-25)37-6)38-21-24-12-8-7-9-13-24/h7-16,19H,17-18,20-21H2,1-6H3,(H,32,36)(H,33,35). The minimum absolute atomic E-state index is 0.227. The van der Waals surface area contributed by atoms with Gasteiger partial charge < -0.3 is 29.7 Å². The first kappa shape index (κ1) is 29.4. The second-order valence-electron chi connectivity index (χ2n) is 10.3. The summed E-state index contributed by atoms with van der Waals surface area (Å²) in [6.07, 6.45) is -0.529. The van der Waals surface area contributed by atoms with Crippen molar-refractivity contribution in [2.24, 2.45) is 0 Å². The van der Waals surface area contributed by atoms with Gasteiger partial charge >= 0.3 is 12.1 Å². The molecule has 0 unspecified atom stereocenters. The third-order valence-electron chi connectivity index (χ3n) is 6.02. The van der Waals surface area contributed by atoms with Gasteiger partial charge in [-0.15, -0.1) is 0 Å². The van der Waals surface area contributed by atoms with Crippen LogP contribution < -0.4 is 20.1 Å². The Labute approximate surface area is 231 Å². The monoisotopic (exact) mass is 533 g/mol. The molecule has 3 rings (SSSR count). The first-order chi connectivity index (χ1) is 18.6. The molecule has 0 aliphatic rings. The summed E-state index contributed by atoms with van der Waals surface area (Å²) in [6.45, 7) is 10.6. The second-order valence-corrected chi connectivity index (χ2v) is 10.3. The Morgan fingerprint density at radius 2 is 1.64 bits per heavy atom. The number of ether oxygens (including phenoxy) is 3. The number of aryl methyl sites for hydroxylation is 1. The van der Waals surface area contributed by atoms with Crippen molar-refractivity contribution in [1.29, 1.82) is 0 Å². The van der Waals surface area contributed by atoms with Crippen LogP contribution in [0.3, 0.4) is 0 Å². The van der Waals surface area contributed by atoms with Gasteiger partial charge in [-0.3, -0.25) is 0 Å². The Balaban J connectivity index is 1.73. The van der Waals surface area contributed by atoms with E-state index in [0.29, 0.717) is 24.7 Å². The summed E-state index contributed by atoms with van der Waals surface area (Å²) >= 11 is 0. The molecule has 0 aliphatic heterocycles. The van der Waals surface area contributed by atoms with Crippen molar-refractivity contribution >= 4 is 17.8 Å². The number of amides is 3. The number of nitrogens with zero attached hydrogens (tertiary/aromatic N) is 1. The van der Waals surface area contributed by atoms with Gasteiger partial charge in [0.05, 0.1) is 7.11 Å². The Kier molecular flexibility index (Phi) is 10.2. The van der Waals surface area contributed by atoms with Gasteiger partial charge in [0.15, 0.2) is 11.5 Å². The van der Waals surface area contributed by atoms with E-state index in [1.54, 1.807) is 32.8 Å². The smallest absolute Gasteiger partial charge is 0.407 e. The Morgan fingerprint density at radius 3 is 2.33 bits per heavy atom. The number of urea groups is 1. The highest BCUT2D eigenvalue weighted by atomic mass is 16.6. The number of nitrogens with one attached hydrogen (secondary N) is 2. The van der Waals surface area contributed by atoms with Crippen LogP contribution in [0.2, 0.25) is 0 Å². The molecule has 2 N–H and O–H groups in total. The largest absolute Gasteiger partial charge is 0.493 e. The highest BCUT2D eigenvalue weighted by Gasteiger charge is 2.19. The highest BCUT2D eigenvalue weighted by Crippen LogP contribution is 2.29. The zero-order valence-electron chi connectivity index (χ0n) is 23.7. The lowest BCUT2D eigenvalue weighted by molar-refractivity contribution is 0.0523. The Hall–Kier alpha value is -4.20. The van der Waals surface area contributed by atoms with Crippen molar-refractivity contribution in [3.05, 3.63) is 89.0 Å². The van der Waals surface area contributed by atoms with E-state index in [4.69, 9.17) is 14.2 Å². The fourth-order valence-corrected chi connectivity index (χ4v) is 3.83. The fraction of sp³-hybridized carbons (Fsp3) is 0.355. The molecular weight excluding hydrogens is 494 g/mol. The molecule has 3 aromatic carbocycles. The maximum Gasteiger partial charge on any atom is 0.407 e. The third kappa shape index (κ3) is 9.25. The first-order valence-electron chi connectivity index (χ1n) is 13.0. The van der Waals surface area contributed by atoms with E-state index in [2.05, 4.69) is 10.6 Å². The van der Waals surface area contributed by atoms with Crippen molar-refractivity contribution in [3.8, 4) is 11.5 Å². The first-order valence-corrected chi connectivity index (χ1v) is 13.0. The summed E-state index contributed by atoms with van der Waals surface area (Å²) in [7, 11) is 1.59. The number of anilines is 1. The normalized spacial score (nSPS) is 10.9. The zero-order valence-corrected chi connectivity index (χ0v) is 23.7. The average molecular weight is 534 g/mol. The fourth-order valence-electron chi connectivity index (χ4n) is 3.83. The molecule has 0 atom stereocenters. The molecular formula is C31H39N3O5. The number of methoxy groups -OCH3 is 1. The zero-order chi connectivity index (χ0) is 28.4. The second kappa shape index (κ2) is 13.6. The summed E-state index contributed by atoms with van der Waals surface area (Å²) in [5, 5.41) is 5.74. The van der Waals surface area contributed by atoms with E-state index in [-0.39, 0.29) is 19.1 Å². The molecule has 0 saturated carbocycles. The van der Waals surface area contributed by atoms with Crippen LogP contribution in [-0.2, 0) is 17.9 Å². The quantitative estimate of drug-likeness (QED) is 0.313. The molecule has 3 amide bonds. The number of hydrogen-bond donors (Lipinski definition) is 2. The molecule has 0 spiro atoms. The van der Waals surface area contributed by atoms with Gasteiger partial charge in [-0.25, -0.2) is 9.59 Å². The van der Waals surface area contributed by atoms with E-state index in [1.807, 2.05) is 80.6 Å². The van der Waals surface area contributed by atoms with Crippen LogP contribution in [0.4, 0.5) is 15.3 Å². The predicted molar refractivity (Wildman–Crippen MR) is 153 cm³/mol. The van der Waals surface area contributed by atoms with Gasteiger partial charge in [-0.2, -0.15) is 0 Å². The van der Waals surface area contributed by atoms with Gasteiger partial charge in [0, 0.05) is 25.3 Å². The molecule has 0 saturated heterocycles. The van der Waals surface area contributed by atoms with Crippen molar-refractivity contribution in [2.45, 2.75) is 53.4 Å². The lowest BCUT2D eigenvalue weighted by atomic mass is 10.1. The highest BCUT2D eigenvalue weighted by molar-refractivity contribution is 5.90. The number of rotatable bonds is 10. The van der Waals surface area contributed by atoms with Gasteiger partial charge in [0.2, 0.25) is 0 Å². The summed E-state index contributed by atoms with van der Waals surface area (Å²) in [4.78, 5) is 27.2. The summed E-state index contributed by atoms with van der Waals surface area (Å²) in [6, 6.07) is 21.0. The lowest BCUT2D eigenvalue weighted by Crippen LogP contribution is -2.41. The van der Waals surface area contributed by atoms with E-state index < -0.39 is 11.7 Å². The Morgan fingerprint density at radius 1 is 0.897 bits per heavy atom. The van der Waals surface area contributed by atoms with Crippen molar-refractivity contribution in [3.63, 3.8) is 0 Å². The SMILES string of the molecule is COc1cc(CN(CCNC(=O)OC(C)(C)C)C(=O)Nc2cccc(C)c2C)ccc1OCc1ccccc1. The molecule has 0 aliphatic carbocycles. The van der Waals surface area contributed by atoms with Gasteiger partial charge in [0.25, 0.3) is 0 Å². The maximum atomic E-state index is 13.4. The van der Waals surface area contributed by atoms with Crippen molar-refractivity contribution < 1.29 is 23.8 Å². The van der Waals surface area contributed by atoms with Crippen LogP contribution in [0.25, 0.3) is 0 Å². The molecule has 3 aromatic rings. The topological polar surface area (TPSA) is 89.1 Å². The minimum atomic E-state index is -0.606. The molecule has 39 heavy (non-hydrogen) atoms. The van der Waals surface area contributed by atoms with Crippen LogP contribution in [-0.4, -0.2) is 42.8 Å². The molecule has 208 valence electrons. The van der Waals surface area contributed by atoms with Gasteiger partial charge in [0.1, 0.15) is 12.2 Å². The number of alkyl carbamates (subject to hydrolysis) is 1. The van der Waals surface area contributed by atoms with Gasteiger partial charge in [-0.1, -0.05) is 48.5 Å². The average Bonchev–Trinajstić information content (AvgIpc) is 2.89. The molecule has 8 nitrogen and oxygen atoms in total. The number of carbonyl (C=O) groups excluding carboxylic acids is 2. The van der Waals surface area contributed by atoms with Gasteiger partial charge in [-0.05, 0) is 75.1 Å².